The van der Waals surface area contributed by atoms with Crippen molar-refractivity contribution in [3.63, 3.8) is 0 Å². The third kappa shape index (κ3) is 2.88. The van der Waals surface area contributed by atoms with E-state index in [2.05, 4.69) is 11.4 Å². The van der Waals surface area contributed by atoms with Crippen molar-refractivity contribution in [3.8, 4) is 5.75 Å². The molecule has 0 saturated heterocycles. The average Bonchev–Trinajstić information content (AvgIpc) is 3.16. The van der Waals surface area contributed by atoms with Crippen LogP contribution in [0.1, 0.15) is 32.4 Å². The standard InChI is InChI=1S/C21H18FNO2S/c1-25-18-5-3-2-4-16(18)21(24)23-12-10-19-17(11-13-26-19)20(23)14-6-8-15(22)9-7-14/h2-9,11,13,20H,10,12H2,1H3/t20-/m0/s1. The smallest absolute Gasteiger partial charge is 0.258 e. The minimum absolute atomic E-state index is 0.0753. The molecule has 2 heterocycles. The van der Waals surface area contributed by atoms with E-state index in [0.29, 0.717) is 17.9 Å². The average molecular weight is 367 g/mol. The Kier molecular flexibility index (Phi) is 4.47. The van der Waals surface area contributed by atoms with Gasteiger partial charge in [0.2, 0.25) is 0 Å². The fourth-order valence-corrected chi connectivity index (χ4v) is 4.42. The number of amides is 1. The molecule has 1 aromatic heterocycles. The Bertz CT molecular complexity index is 935. The van der Waals surface area contributed by atoms with Crippen LogP contribution in [0.15, 0.2) is 60.0 Å². The van der Waals surface area contributed by atoms with E-state index in [0.717, 1.165) is 17.5 Å². The highest BCUT2D eigenvalue weighted by Crippen LogP contribution is 2.39. The number of halogens is 1. The summed E-state index contributed by atoms with van der Waals surface area (Å²) < 4.78 is 18.8. The lowest BCUT2D eigenvalue weighted by molar-refractivity contribution is 0.0692. The van der Waals surface area contributed by atoms with E-state index in [1.165, 1.54) is 17.0 Å². The fourth-order valence-electron chi connectivity index (χ4n) is 3.52. The number of carbonyl (C=O) groups is 1. The van der Waals surface area contributed by atoms with Gasteiger partial charge in [-0.25, -0.2) is 4.39 Å². The zero-order chi connectivity index (χ0) is 18.1. The fraction of sp³-hybridized carbons (Fsp3) is 0.190. The van der Waals surface area contributed by atoms with Gasteiger partial charge in [-0.05, 0) is 53.3 Å². The maximum atomic E-state index is 13.4. The molecule has 1 aliphatic rings. The van der Waals surface area contributed by atoms with Crippen LogP contribution in [0.25, 0.3) is 0 Å². The molecule has 4 rings (SSSR count). The van der Waals surface area contributed by atoms with Gasteiger partial charge in [0.1, 0.15) is 11.6 Å². The molecule has 0 spiro atoms. The minimum Gasteiger partial charge on any atom is -0.496 e. The Labute approximate surface area is 155 Å². The van der Waals surface area contributed by atoms with Gasteiger partial charge in [-0.2, -0.15) is 0 Å². The summed E-state index contributed by atoms with van der Waals surface area (Å²) in [4.78, 5) is 16.5. The van der Waals surface area contributed by atoms with E-state index >= 15 is 0 Å². The molecule has 2 aromatic carbocycles. The van der Waals surface area contributed by atoms with Gasteiger partial charge in [-0.15, -0.1) is 11.3 Å². The second-order valence-electron chi connectivity index (χ2n) is 6.20. The Hall–Kier alpha value is -2.66. The summed E-state index contributed by atoms with van der Waals surface area (Å²) in [5, 5.41) is 2.05. The van der Waals surface area contributed by atoms with Crippen molar-refractivity contribution in [3.05, 3.63) is 87.4 Å². The SMILES string of the molecule is COc1ccccc1C(=O)N1CCc2sccc2[C@@H]1c1ccc(F)cc1. The number of rotatable bonds is 3. The van der Waals surface area contributed by atoms with Gasteiger partial charge in [0, 0.05) is 11.4 Å². The number of carbonyl (C=O) groups excluding carboxylic acids is 1. The highest BCUT2D eigenvalue weighted by Gasteiger charge is 2.34. The Morgan fingerprint density at radius 3 is 2.69 bits per heavy atom. The predicted octanol–water partition coefficient (Wildman–Crippen LogP) is 4.68. The molecule has 132 valence electrons. The van der Waals surface area contributed by atoms with Crippen LogP contribution in [0.3, 0.4) is 0 Å². The van der Waals surface area contributed by atoms with Crippen molar-refractivity contribution >= 4 is 17.2 Å². The molecule has 0 radical (unpaired) electrons. The summed E-state index contributed by atoms with van der Waals surface area (Å²) in [6.45, 7) is 0.617. The van der Waals surface area contributed by atoms with Crippen molar-refractivity contribution in [2.75, 3.05) is 13.7 Å². The van der Waals surface area contributed by atoms with Gasteiger partial charge in [0.05, 0.1) is 18.7 Å². The van der Waals surface area contributed by atoms with Gasteiger partial charge in [0.15, 0.2) is 0 Å². The molecule has 26 heavy (non-hydrogen) atoms. The third-order valence-corrected chi connectivity index (χ3v) is 5.75. The molecule has 5 heteroatoms. The van der Waals surface area contributed by atoms with E-state index in [9.17, 15) is 9.18 Å². The second-order valence-corrected chi connectivity index (χ2v) is 7.20. The molecule has 1 amide bonds. The molecule has 3 aromatic rings. The van der Waals surface area contributed by atoms with Crippen LogP contribution in [0.2, 0.25) is 0 Å². The molecule has 3 nitrogen and oxygen atoms in total. The van der Waals surface area contributed by atoms with E-state index < -0.39 is 0 Å². The van der Waals surface area contributed by atoms with Gasteiger partial charge in [-0.3, -0.25) is 4.79 Å². The number of para-hydroxylation sites is 1. The number of benzene rings is 2. The summed E-state index contributed by atoms with van der Waals surface area (Å²) in [6, 6.07) is 15.5. The monoisotopic (exact) mass is 367 g/mol. The molecule has 0 aliphatic carbocycles. The third-order valence-electron chi connectivity index (χ3n) is 4.75. The van der Waals surface area contributed by atoms with Crippen LogP contribution < -0.4 is 4.74 Å². The summed E-state index contributed by atoms with van der Waals surface area (Å²) in [6.07, 6.45) is 0.825. The highest BCUT2D eigenvalue weighted by molar-refractivity contribution is 7.10. The van der Waals surface area contributed by atoms with Gasteiger partial charge < -0.3 is 9.64 Å². The van der Waals surface area contributed by atoms with E-state index in [4.69, 9.17) is 4.74 Å². The van der Waals surface area contributed by atoms with Crippen molar-refractivity contribution in [2.45, 2.75) is 12.5 Å². The van der Waals surface area contributed by atoms with E-state index in [1.54, 1.807) is 42.7 Å². The molecule has 0 unspecified atom stereocenters. The summed E-state index contributed by atoms with van der Waals surface area (Å²) in [7, 11) is 1.57. The maximum Gasteiger partial charge on any atom is 0.258 e. The van der Waals surface area contributed by atoms with Crippen LogP contribution in [-0.4, -0.2) is 24.5 Å². The van der Waals surface area contributed by atoms with Crippen molar-refractivity contribution in [2.24, 2.45) is 0 Å². The lowest BCUT2D eigenvalue weighted by atomic mass is 9.92. The van der Waals surface area contributed by atoms with E-state index in [1.807, 2.05) is 17.0 Å². The van der Waals surface area contributed by atoms with Crippen molar-refractivity contribution in [1.82, 2.24) is 4.90 Å². The largest absolute Gasteiger partial charge is 0.496 e. The number of thiophene rings is 1. The zero-order valence-electron chi connectivity index (χ0n) is 14.3. The van der Waals surface area contributed by atoms with Crippen LogP contribution in [0, 0.1) is 5.82 Å². The Morgan fingerprint density at radius 2 is 1.92 bits per heavy atom. The number of fused-ring (bicyclic) bond motifs is 1. The first kappa shape index (κ1) is 16.8. The predicted molar refractivity (Wildman–Crippen MR) is 100 cm³/mol. The normalized spacial score (nSPS) is 16.2. The maximum absolute atomic E-state index is 13.4. The van der Waals surface area contributed by atoms with Crippen LogP contribution in [-0.2, 0) is 6.42 Å². The first-order valence-corrected chi connectivity index (χ1v) is 9.32. The Morgan fingerprint density at radius 1 is 1.15 bits per heavy atom. The number of hydrogen-bond donors (Lipinski definition) is 0. The minimum atomic E-state index is -0.280. The quantitative estimate of drug-likeness (QED) is 0.672. The molecular formula is C21H18FNO2S. The molecule has 0 fully saturated rings. The molecule has 1 aliphatic heterocycles. The van der Waals surface area contributed by atoms with Crippen LogP contribution >= 0.6 is 11.3 Å². The summed E-state index contributed by atoms with van der Waals surface area (Å²) in [5.74, 6) is 0.206. The lowest BCUT2D eigenvalue weighted by Gasteiger charge is -2.36. The van der Waals surface area contributed by atoms with Gasteiger partial charge in [-0.1, -0.05) is 24.3 Å². The molecule has 0 bridgehead atoms. The van der Waals surface area contributed by atoms with Gasteiger partial charge >= 0.3 is 0 Å². The topological polar surface area (TPSA) is 29.5 Å². The van der Waals surface area contributed by atoms with Crippen molar-refractivity contribution < 1.29 is 13.9 Å². The molecular weight excluding hydrogens is 349 g/mol. The van der Waals surface area contributed by atoms with Gasteiger partial charge in [0.25, 0.3) is 5.91 Å². The summed E-state index contributed by atoms with van der Waals surface area (Å²) in [5.41, 5.74) is 2.57. The van der Waals surface area contributed by atoms with Crippen molar-refractivity contribution in [1.29, 1.82) is 0 Å². The second kappa shape index (κ2) is 6.92. The first-order chi connectivity index (χ1) is 12.7. The highest BCUT2D eigenvalue weighted by atomic mass is 32.1. The molecule has 0 N–H and O–H groups in total. The summed E-state index contributed by atoms with van der Waals surface area (Å²) >= 11 is 1.71. The first-order valence-electron chi connectivity index (χ1n) is 8.44. The number of methoxy groups -OCH3 is 1. The number of nitrogens with zero attached hydrogens (tertiary/aromatic N) is 1. The lowest BCUT2D eigenvalue weighted by Crippen LogP contribution is -2.40. The van der Waals surface area contributed by atoms with Crippen LogP contribution in [0.5, 0.6) is 5.75 Å². The Balaban J connectivity index is 1.79. The number of ether oxygens (including phenoxy) is 1. The molecule has 1 atom stereocenters. The van der Waals surface area contributed by atoms with Crippen LogP contribution in [0.4, 0.5) is 4.39 Å². The zero-order valence-corrected chi connectivity index (χ0v) is 15.1. The number of hydrogen-bond acceptors (Lipinski definition) is 3. The molecule has 0 saturated carbocycles. The van der Waals surface area contributed by atoms with E-state index in [-0.39, 0.29) is 17.8 Å².